The summed E-state index contributed by atoms with van der Waals surface area (Å²) in [5.41, 5.74) is 1.61. The predicted octanol–water partition coefficient (Wildman–Crippen LogP) is 2.80. The number of thiazole rings is 1. The van der Waals surface area contributed by atoms with Crippen LogP contribution in [-0.4, -0.2) is 62.8 Å². The van der Waals surface area contributed by atoms with Gasteiger partial charge in [0, 0.05) is 49.9 Å². The minimum absolute atomic E-state index is 0.00912. The molecule has 31 heavy (non-hydrogen) atoms. The quantitative estimate of drug-likeness (QED) is 0.610. The third-order valence-electron chi connectivity index (χ3n) is 5.19. The molecule has 160 valence electrons. The molecule has 0 spiro atoms. The molecule has 3 aromatic rings. The number of rotatable bonds is 5. The number of hydrogen-bond acceptors (Lipinski definition) is 7. The van der Waals surface area contributed by atoms with Crippen molar-refractivity contribution in [2.75, 3.05) is 26.2 Å². The maximum Gasteiger partial charge on any atom is 0.261 e. The third kappa shape index (κ3) is 5.05. The maximum absolute atomic E-state index is 13.1. The van der Waals surface area contributed by atoms with Crippen LogP contribution in [0.3, 0.4) is 0 Å². The zero-order valence-corrected chi connectivity index (χ0v) is 18.0. The second-order valence-electron chi connectivity index (χ2n) is 7.20. The Bertz CT molecular complexity index is 1030. The molecule has 1 aliphatic rings. The van der Waals surface area contributed by atoms with Gasteiger partial charge in [0.15, 0.2) is 6.61 Å². The van der Waals surface area contributed by atoms with Gasteiger partial charge in [-0.2, -0.15) is 0 Å². The fraction of sp³-hybridized carbons (Fsp3) is 0.318. The molecule has 0 bridgehead atoms. The highest BCUT2D eigenvalue weighted by Crippen LogP contribution is 2.32. The monoisotopic (exact) mass is 437 g/mol. The van der Waals surface area contributed by atoms with Crippen LogP contribution in [0.4, 0.5) is 0 Å². The van der Waals surface area contributed by atoms with Crippen molar-refractivity contribution in [1.82, 2.24) is 24.8 Å². The summed E-state index contributed by atoms with van der Waals surface area (Å²) in [5, 5.41) is 2.78. The van der Waals surface area contributed by atoms with Gasteiger partial charge in [-0.15, -0.1) is 11.3 Å². The van der Waals surface area contributed by atoms with Crippen molar-refractivity contribution in [3.05, 3.63) is 59.4 Å². The highest BCUT2D eigenvalue weighted by atomic mass is 32.1. The number of carbonyl (C=O) groups excluding carboxylic acids is 2. The molecule has 0 radical (unpaired) electrons. The second-order valence-corrected chi connectivity index (χ2v) is 8.09. The number of hydrogen-bond donors (Lipinski definition) is 0. The lowest BCUT2D eigenvalue weighted by molar-refractivity contribution is -0.136. The van der Waals surface area contributed by atoms with E-state index < -0.39 is 0 Å². The van der Waals surface area contributed by atoms with Crippen LogP contribution in [0.25, 0.3) is 11.3 Å². The van der Waals surface area contributed by atoms with Crippen LogP contribution in [0.2, 0.25) is 0 Å². The van der Waals surface area contributed by atoms with Gasteiger partial charge in [0.05, 0.1) is 11.7 Å². The third-order valence-corrected chi connectivity index (χ3v) is 6.14. The van der Waals surface area contributed by atoms with Gasteiger partial charge in [-0.05, 0) is 18.6 Å². The van der Waals surface area contributed by atoms with E-state index in [9.17, 15) is 9.59 Å². The number of para-hydroxylation sites is 1. The summed E-state index contributed by atoms with van der Waals surface area (Å²) in [6.07, 6.45) is 5.53. The van der Waals surface area contributed by atoms with Crippen LogP contribution >= 0.6 is 11.3 Å². The molecule has 1 fully saturated rings. The first-order chi connectivity index (χ1) is 15.1. The lowest BCUT2D eigenvalue weighted by atomic mass is 10.1. The van der Waals surface area contributed by atoms with Crippen molar-refractivity contribution >= 4 is 23.2 Å². The lowest BCUT2D eigenvalue weighted by Crippen LogP contribution is -2.40. The predicted molar refractivity (Wildman–Crippen MR) is 116 cm³/mol. The molecular weight excluding hydrogens is 414 g/mol. The summed E-state index contributed by atoms with van der Waals surface area (Å²) in [5.74, 6) is 0.530. The van der Waals surface area contributed by atoms with Crippen molar-refractivity contribution < 1.29 is 14.3 Å². The molecule has 1 aliphatic heterocycles. The Hall–Kier alpha value is -3.33. The van der Waals surface area contributed by atoms with E-state index in [1.165, 1.54) is 17.7 Å². The zero-order valence-electron chi connectivity index (χ0n) is 17.2. The van der Waals surface area contributed by atoms with Gasteiger partial charge in [-0.25, -0.2) is 15.0 Å². The number of nitrogens with zero attached hydrogens (tertiary/aromatic N) is 5. The van der Waals surface area contributed by atoms with Crippen LogP contribution in [-0.2, 0) is 9.59 Å². The van der Waals surface area contributed by atoms with Crippen LogP contribution in [0.15, 0.2) is 54.4 Å². The van der Waals surface area contributed by atoms with Crippen molar-refractivity contribution in [1.29, 1.82) is 0 Å². The fourth-order valence-electron chi connectivity index (χ4n) is 3.55. The second kappa shape index (κ2) is 9.65. The normalized spacial score (nSPS) is 16.6. The number of carbonyl (C=O) groups is 2. The van der Waals surface area contributed by atoms with Gasteiger partial charge in [0.1, 0.15) is 17.1 Å². The van der Waals surface area contributed by atoms with E-state index in [-0.39, 0.29) is 24.5 Å². The van der Waals surface area contributed by atoms with Crippen molar-refractivity contribution in [3.8, 4) is 17.0 Å². The molecule has 0 saturated carbocycles. The highest BCUT2D eigenvalue weighted by molar-refractivity contribution is 7.10. The van der Waals surface area contributed by atoms with Gasteiger partial charge in [-0.3, -0.25) is 9.59 Å². The smallest absolute Gasteiger partial charge is 0.261 e. The Labute approximate surface area is 184 Å². The molecule has 1 saturated heterocycles. The van der Waals surface area contributed by atoms with E-state index in [1.54, 1.807) is 29.1 Å². The number of ether oxygens (including phenoxy) is 1. The first-order valence-corrected chi connectivity index (χ1v) is 10.9. The summed E-state index contributed by atoms with van der Waals surface area (Å²) in [6, 6.07) is 9.04. The largest absolute Gasteiger partial charge is 0.484 e. The van der Waals surface area contributed by atoms with Crippen LogP contribution in [0.5, 0.6) is 5.75 Å². The van der Waals surface area contributed by atoms with E-state index in [1.807, 2.05) is 35.7 Å². The Balaban J connectivity index is 1.55. The minimum atomic E-state index is -0.223. The average molecular weight is 438 g/mol. The summed E-state index contributed by atoms with van der Waals surface area (Å²) < 4.78 is 5.69. The van der Waals surface area contributed by atoms with Gasteiger partial charge in [0.25, 0.3) is 5.91 Å². The van der Waals surface area contributed by atoms with Crippen molar-refractivity contribution in [3.63, 3.8) is 0 Å². The Morgan fingerprint density at radius 1 is 1.13 bits per heavy atom. The maximum atomic E-state index is 13.1. The fourth-order valence-corrected chi connectivity index (χ4v) is 4.52. The molecule has 1 aromatic carbocycles. The van der Waals surface area contributed by atoms with Crippen LogP contribution in [0.1, 0.15) is 24.4 Å². The number of aromatic nitrogens is 3. The number of amides is 2. The Morgan fingerprint density at radius 3 is 2.65 bits per heavy atom. The highest BCUT2D eigenvalue weighted by Gasteiger charge is 2.32. The zero-order chi connectivity index (χ0) is 21.6. The van der Waals surface area contributed by atoms with E-state index in [0.717, 1.165) is 16.3 Å². The average Bonchev–Trinajstić information content (AvgIpc) is 3.18. The van der Waals surface area contributed by atoms with Gasteiger partial charge in [0.2, 0.25) is 5.91 Å². The standard InChI is InChI=1S/C22H23N5O3S/c1-16(28)26-8-7-20(22-25-19(14-31-22)17-11-23-15-24-12-17)27(10-9-26)21(29)13-30-18-5-3-2-4-6-18/h2-6,11-12,14-15,20H,7-10,13H2,1H3. The molecule has 1 unspecified atom stereocenters. The molecule has 0 aliphatic carbocycles. The Morgan fingerprint density at radius 2 is 1.90 bits per heavy atom. The molecule has 8 nitrogen and oxygen atoms in total. The lowest BCUT2D eigenvalue weighted by Gasteiger charge is -2.28. The van der Waals surface area contributed by atoms with E-state index in [4.69, 9.17) is 9.72 Å². The first-order valence-electron chi connectivity index (χ1n) is 10.1. The van der Waals surface area contributed by atoms with Crippen molar-refractivity contribution in [2.24, 2.45) is 0 Å². The van der Waals surface area contributed by atoms with E-state index >= 15 is 0 Å². The topological polar surface area (TPSA) is 88.5 Å². The van der Waals surface area contributed by atoms with Gasteiger partial charge < -0.3 is 14.5 Å². The molecular formula is C22H23N5O3S. The molecule has 9 heteroatoms. The van der Waals surface area contributed by atoms with Gasteiger partial charge in [-0.1, -0.05) is 18.2 Å². The van der Waals surface area contributed by atoms with E-state index in [2.05, 4.69) is 9.97 Å². The summed E-state index contributed by atoms with van der Waals surface area (Å²) in [7, 11) is 0. The molecule has 2 amide bonds. The van der Waals surface area contributed by atoms with Crippen LogP contribution < -0.4 is 4.74 Å². The SMILES string of the molecule is CC(=O)N1CCC(c2nc(-c3cncnc3)cs2)N(C(=O)COc2ccccc2)CC1. The van der Waals surface area contributed by atoms with Crippen molar-refractivity contribution in [2.45, 2.75) is 19.4 Å². The minimum Gasteiger partial charge on any atom is -0.484 e. The molecule has 0 N–H and O–H groups in total. The van der Waals surface area contributed by atoms with E-state index in [0.29, 0.717) is 31.8 Å². The van der Waals surface area contributed by atoms with Gasteiger partial charge >= 0.3 is 0 Å². The molecule has 4 rings (SSSR count). The molecule has 1 atom stereocenters. The number of benzene rings is 1. The first kappa shape index (κ1) is 20.9. The van der Waals surface area contributed by atoms with Crippen LogP contribution in [0, 0.1) is 0 Å². The summed E-state index contributed by atoms with van der Waals surface area (Å²) in [6.45, 7) is 3.00. The Kier molecular flexibility index (Phi) is 6.51. The summed E-state index contributed by atoms with van der Waals surface area (Å²) >= 11 is 1.50. The summed E-state index contributed by atoms with van der Waals surface area (Å²) in [4.78, 5) is 41.5. The molecule has 3 heterocycles. The molecule has 2 aromatic heterocycles.